The number of nitrogens with zero attached hydrogens (tertiary/aromatic N) is 3. The van der Waals surface area contributed by atoms with Gasteiger partial charge in [-0.25, -0.2) is 15.0 Å². The van der Waals surface area contributed by atoms with Gasteiger partial charge in [-0.05, 0) is 45.9 Å². The first kappa shape index (κ1) is 25.6. The molecule has 0 aliphatic heterocycles. The molecule has 7 nitrogen and oxygen atoms in total. The smallest absolute Gasteiger partial charge is 0.451 e. The van der Waals surface area contributed by atoms with E-state index in [-0.39, 0.29) is 6.61 Å². The fourth-order valence-electron chi connectivity index (χ4n) is 2.81. The molecule has 0 fully saturated rings. The fraction of sp³-hybridized carbons (Fsp3) is 0.391. The zero-order chi connectivity index (χ0) is 25.1. The Morgan fingerprint density at radius 1 is 1.12 bits per heavy atom. The van der Waals surface area contributed by atoms with Gasteiger partial charge in [-0.1, -0.05) is 0 Å². The fourth-order valence-corrected chi connectivity index (χ4v) is 3.56. The summed E-state index contributed by atoms with van der Waals surface area (Å²) >= 11 is 1.48. The molecule has 0 aliphatic carbocycles. The van der Waals surface area contributed by atoms with E-state index in [0.717, 1.165) is 22.3 Å². The number of thiazole rings is 1. The van der Waals surface area contributed by atoms with Crippen LogP contribution in [0.2, 0.25) is 0 Å². The molecule has 34 heavy (non-hydrogen) atoms. The van der Waals surface area contributed by atoms with Gasteiger partial charge in [0.1, 0.15) is 17.4 Å². The van der Waals surface area contributed by atoms with E-state index < -0.39 is 29.6 Å². The second-order valence-electron chi connectivity index (χ2n) is 8.31. The van der Waals surface area contributed by atoms with Crippen molar-refractivity contribution in [3.63, 3.8) is 0 Å². The number of hydrogen-bond donors (Lipinski definition) is 1. The summed E-state index contributed by atoms with van der Waals surface area (Å²) in [5, 5.41) is 3.50. The predicted octanol–water partition coefficient (Wildman–Crippen LogP) is 5.22. The Kier molecular flexibility index (Phi) is 7.57. The number of ether oxygens (including phenoxy) is 2. The van der Waals surface area contributed by atoms with Gasteiger partial charge >= 0.3 is 6.18 Å². The van der Waals surface area contributed by atoms with E-state index in [1.165, 1.54) is 11.3 Å². The number of hydrogen-bond acceptors (Lipinski definition) is 7. The van der Waals surface area contributed by atoms with Crippen LogP contribution < -0.4 is 10.1 Å². The topological polar surface area (TPSA) is 86.2 Å². The molecule has 0 aliphatic rings. The number of amides is 1. The molecular formula is C23H25F3N4O3S. The van der Waals surface area contributed by atoms with Crippen LogP contribution in [0.4, 0.5) is 13.2 Å². The van der Waals surface area contributed by atoms with Gasteiger partial charge in [0.15, 0.2) is 0 Å². The highest BCUT2D eigenvalue weighted by atomic mass is 32.1. The van der Waals surface area contributed by atoms with E-state index in [9.17, 15) is 18.0 Å². The highest BCUT2D eigenvalue weighted by molar-refractivity contribution is 7.14. The summed E-state index contributed by atoms with van der Waals surface area (Å²) in [5.41, 5.74) is 0.830. The summed E-state index contributed by atoms with van der Waals surface area (Å²) in [6.07, 6.45) is -0.783. The molecule has 1 aromatic carbocycles. The minimum Gasteiger partial charge on any atom is -0.491 e. The summed E-state index contributed by atoms with van der Waals surface area (Å²) in [6, 6.07) is 4.46. The van der Waals surface area contributed by atoms with E-state index in [0.29, 0.717) is 22.4 Å². The predicted molar refractivity (Wildman–Crippen MR) is 122 cm³/mol. The minimum absolute atomic E-state index is 0.254. The number of alkyl halides is 3. The lowest BCUT2D eigenvalue weighted by Gasteiger charge is -2.23. The molecule has 0 unspecified atom stereocenters. The van der Waals surface area contributed by atoms with Crippen molar-refractivity contribution >= 4 is 17.2 Å². The number of carbonyl (C=O) groups excluding carboxylic acids is 1. The molecule has 0 radical (unpaired) electrons. The maximum atomic E-state index is 13.0. The molecule has 0 spiro atoms. The standard InChI is InChI=1S/C23H25F3N4O3S/c1-13-9-27-20(34-13)16-6-15(7-18(8-16)33-12-22(3,4)32-5)19(31)30-14(2)17-10-28-21(29-11-17)23(24,25)26/h6-11,14H,12H2,1-5H3,(H,30,31)/t14-/m1/s1. The van der Waals surface area contributed by atoms with Gasteiger partial charge < -0.3 is 14.8 Å². The molecule has 1 amide bonds. The molecule has 182 valence electrons. The van der Waals surface area contributed by atoms with Crippen molar-refractivity contribution in [3.8, 4) is 16.3 Å². The van der Waals surface area contributed by atoms with Crippen LogP contribution in [0.3, 0.4) is 0 Å². The van der Waals surface area contributed by atoms with Gasteiger partial charge in [0.2, 0.25) is 5.82 Å². The lowest BCUT2D eigenvalue weighted by Crippen LogP contribution is -2.31. The average Bonchev–Trinajstić information content (AvgIpc) is 3.23. The van der Waals surface area contributed by atoms with Crippen LogP contribution in [-0.2, 0) is 10.9 Å². The van der Waals surface area contributed by atoms with E-state index in [1.807, 2.05) is 20.8 Å². The first-order valence-electron chi connectivity index (χ1n) is 10.3. The third kappa shape index (κ3) is 6.51. The van der Waals surface area contributed by atoms with E-state index in [1.54, 1.807) is 38.4 Å². The number of aryl methyl sites for hydroxylation is 1. The van der Waals surface area contributed by atoms with Gasteiger partial charge in [0.05, 0.1) is 11.6 Å². The van der Waals surface area contributed by atoms with Crippen molar-refractivity contribution < 1.29 is 27.4 Å². The first-order valence-corrected chi connectivity index (χ1v) is 11.2. The van der Waals surface area contributed by atoms with Gasteiger partial charge in [0.25, 0.3) is 5.91 Å². The highest BCUT2D eigenvalue weighted by Gasteiger charge is 2.34. The largest absolute Gasteiger partial charge is 0.491 e. The summed E-state index contributed by atoms with van der Waals surface area (Å²) in [5.74, 6) is -1.20. The number of carbonyl (C=O) groups is 1. The Labute approximate surface area is 199 Å². The third-order valence-electron chi connectivity index (χ3n) is 4.95. The van der Waals surface area contributed by atoms with Crippen molar-refractivity contribution in [1.82, 2.24) is 20.3 Å². The van der Waals surface area contributed by atoms with Crippen molar-refractivity contribution in [3.05, 3.63) is 58.6 Å². The second-order valence-corrected chi connectivity index (χ2v) is 9.54. The first-order chi connectivity index (χ1) is 15.9. The van der Waals surface area contributed by atoms with Crippen LogP contribution in [0.1, 0.15) is 53.4 Å². The van der Waals surface area contributed by atoms with Crippen LogP contribution in [0.5, 0.6) is 5.75 Å². The number of halogens is 3. The molecule has 0 saturated carbocycles. The van der Waals surface area contributed by atoms with Crippen LogP contribution in [0, 0.1) is 6.92 Å². The normalized spacial score (nSPS) is 12.9. The van der Waals surface area contributed by atoms with Crippen LogP contribution in [0.15, 0.2) is 36.8 Å². The summed E-state index contributed by atoms with van der Waals surface area (Å²) in [7, 11) is 1.59. The second kappa shape index (κ2) is 10.1. The number of benzene rings is 1. The third-order valence-corrected chi connectivity index (χ3v) is 5.91. The van der Waals surface area contributed by atoms with Gasteiger partial charge in [-0.15, -0.1) is 11.3 Å². The molecule has 0 bridgehead atoms. The number of aromatic nitrogens is 3. The van der Waals surface area contributed by atoms with Crippen molar-refractivity contribution in [1.29, 1.82) is 0 Å². The summed E-state index contributed by atoms with van der Waals surface area (Å²) in [6.45, 7) is 7.58. The lowest BCUT2D eigenvalue weighted by atomic mass is 10.1. The number of nitrogens with one attached hydrogen (secondary N) is 1. The van der Waals surface area contributed by atoms with Crippen LogP contribution in [0.25, 0.3) is 10.6 Å². The lowest BCUT2D eigenvalue weighted by molar-refractivity contribution is -0.145. The minimum atomic E-state index is -4.63. The van der Waals surface area contributed by atoms with Gasteiger partial charge in [0, 0.05) is 47.3 Å². The van der Waals surface area contributed by atoms with Crippen molar-refractivity contribution in [2.75, 3.05) is 13.7 Å². The van der Waals surface area contributed by atoms with Gasteiger partial charge in [-0.2, -0.15) is 13.2 Å². The van der Waals surface area contributed by atoms with E-state index in [4.69, 9.17) is 9.47 Å². The zero-order valence-electron chi connectivity index (χ0n) is 19.4. The molecule has 1 N–H and O–H groups in total. The molecule has 0 saturated heterocycles. The van der Waals surface area contributed by atoms with E-state index in [2.05, 4.69) is 20.3 Å². The Hall–Kier alpha value is -3.05. The van der Waals surface area contributed by atoms with Crippen LogP contribution >= 0.6 is 11.3 Å². The maximum absolute atomic E-state index is 13.0. The van der Waals surface area contributed by atoms with Crippen molar-refractivity contribution in [2.24, 2.45) is 0 Å². The zero-order valence-corrected chi connectivity index (χ0v) is 20.2. The Balaban J connectivity index is 1.84. The van der Waals surface area contributed by atoms with Crippen molar-refractivity contribution in [2.45, 2.75) is 45.5 Å². The number of methoxy groups -OCH3 is 1. The van der Waals surface area contributed by atoms with E-state index >= 15 is 0 Å². The monoisotopic (exact) mass is 494 g/mol. The molecule has 2 heterocycles. The molecule has 2 aromatic heterocycles. The summed E-state index contributed by atoms with van der Waals surface area (Å²) < 4.78 is 49.4. The summed E-state index contributed by atoms with van der Waals surface area (Å²) in [4.78, 5) is 25.1. The average molecular weight is 495 g/mol. The molecule has 1 atom stereocenters. The van der Waals surface area contributed by atoms with Gasteiger partial charge in [-0.3, -0.25) is 4.79 Å². The SMILES string of the molecule is COC(C)(C)COc1cc(C(=O)N[C@H](C)c2cnc(C(F)(F)F)nc2)cc(-c2ncc(C)s2)c1. The Morgan fingerprint density at radius 2 is 1.79 bits per heavy atom. The Morgan fingerprint density at radius 3 is 2.35 bits per heavy atom. The number of rotatable bonds is 8. The highest BCUT2D eigenvalue weighted by Crippen LogP contribution is 2.30. The molecular weight excluding hydrogens is 469 g/mol. The molecule has 11 heteroatoms. The molecule has 3 rings (SSSR count). The Bertz CT molecular complexity index is 1150. The maximum Gasteiger partial charge on any atom is 0.451 e. The quantitative estimate of drug-likeness (QED) is 0.462. The molecule has 3 aromatic rings. The van der Waals surface area contributed by atoms with Crippen LogP contribution in [-0.4, -0.2) is 40.2 Å².